The zero-order chi connectivity index (χ0) is 11.0. The maximum Gasteiger partial charge on any atom is 0.307 e. The van der Waals surface area contributed by atoms with Gasteiger partial charge in [-0.15, -0.1) is 0 Å². The predicted molar refractivity (Wildman–Crippen MR) is 48.8 cm³/mol. The minimum Gasteiger partial charge on any atom is -0.481 e. The molecule has 15 heavy (non-hydrogen) atoms. The molecule has 1 saturated carbocycles. The number of hydrogen-bond acceptors (Lipinski definition) is 3. The van der Waals surface area contributed by atoms with Crippen molar-refractivity contribution in [2.75, 3.05) is 6.54 Å². The Bertz CT molecular complexity index is 328. The predicted octanol–water partition coefficient (Wildman–Crippen LogP) is -1.29. The van der Waals surface area contributed by atoms with E-state index in [0.717, 1.165) is 0 Å². The van der Waals surface area contributed by atoms with Gasteiger partial charge in [0.05, 0.1) is 17.9 Å². The van der Waals surface area contributed by atoms with Crippen molar-refractivity contribution in [1.82, 2.24) is 10.6 Å². The number of rotatable bonds is 3. The van der Waals surface area contributed by atoms with Crippen molar-refractivity contribution in [2.24, 2.45) is 11.8 Å². The zero-order valence-electron chi connectivity index (χ0n) is 8.03. The molecule has 82 valence electrons. The fraction of sp³-hybridized carbons (Fsp3) is 0.667. The lowest BCUT2D eigenvalue weighted by molar-refractivity contribution is -0.140. The third-order valence-corrected chi connectivity index (χ3v) is 2.77. The van der Waals surface area contributed by atoms with Crippen molar-refractivity contribution in [1.29, 1.82) is 0 Å². The van der Waals surface area contributed by atoms with E-state index in [2.05, 4.69) is 10.6 Å². The number of carboxylic acid groups (broad SMARTS) is 1. The van der Waals surface area contributed by atoms with Gasteiger partial charge in [-0.1, -0.05) is 0 Å². The van der Waals surface area contributed by atoms with Gasteiger partial charge in [-0.05, 0) is 6.42 Å². The van der Waals surface area contributed by atoms with Crippen LogP contribution in [-0.2, 0) is 14.4 Å². The molecule has 0 aromatic carbocycles. The summed E-state index contributed by atoms with van der Waals surface area (Å²) in [5.41, 5.74) is 0. The molecular formula is C9H12N2O4. The van der Waals surface area contributed by atoms with E-state index in [9.17, 15) is 14.4 Å². The summed E-state index contributed by atoms with van der Waals surface area (Å²) in [6.45, 7) is 0.440. The highest BCUT2D eigenvalue weighted by atomic mass is 16.4. The molecule has 0 bridgehead atoms. The summed E-state index contributed by atoms with van der Waals surface area (Å²) in [7, 11) is 0. The van der Waals surface area contributed by atoms with E-state index in [4.69, 9.17) is 5.11 Å². The van der Waals surface area contributed by atoms with Crippen molar-refractivity contribution in [3.05, 3.63) is 0 Å². The lowest BCUT2D eigenvalue weighted by Crippen LogP contribution is -2.37. The monoisotopic (exact) mass is 212 g/mol. The van der Waals surface area contributed by atoms with Gasteiger partial charge in [0, 0.05) is 13.0 Å². The van der Waals surface area contributed by atoms with E-state index in [-0.39, 0.29) is 24.3 Å². The van der Waals surface area contributed by atoms with Gasteiger partial charge >= 0.3 is 5.97 Å². The standard InChI is InChI=1S/C9H12N2O4/c12-7-1-4(3-10-7)11-8(13)5-2-6(5)9(14)15/h4-6H,1-3H2,(H,10,12)(H,11,13)(H,14,15). The van der Waals surface area contributed by atoms with Crippen LogP contribution in [0.4, 0.5) is 0 Å². The third-order valence-electron chi connectivity index (χ3n) is 2.77. The molecule has 0 spiro atoms. The molecular weight excluding hydrogens is 200 g/mol. The Balaban J connectivity index is 1.79. The van der Waals surface area contributed by atoms with Gasteiger partial charge in [-0.2, -0.15) is 0 Å². The van der Waals surface area contributed by atoms with Gasteiger partial charge < -0.3 is 15.7 Å². The van der Waals surface area contributed by atoms with E-state index in [1.165, 1.54) is 0 Å². The minimum absolute atomic E-state index is 0.0779. The molecule has 3 atom stereocenters. The Labute approximate surface area is 86.0 Å². The number of aliphatic carboxylic acids is 1. The van der Waals surface area contributed by atoms with Crippen molar-refractivity contribution in [3.8, 4) is 0 Å². The van der Waals surface area contributed by atoms with Crippen LogP contribution in [0.25, 0.3) is 0 Å². The number of amides is 2. The molecule has 6 heteroatoms. The quantitative estimate of drug-likeness (QED) is 0.542. The van der Waals surface area contributed by atoms with Gasteiger partial charge in [0.1, 0.15) is 0 Å². The van der Waals surface area contributed by atoms with E-state index in [1.807, 2.05) is 0 Å². The molecule has 1 aliphatic carbocycles. The van der Waals surface area contributed by atoms with Gasteiger partial charge in [0.2, 0.25) is 11.8 Å². The van der Waals surface area contributed by atoms with Crippen LogP contribution in [0.5, 0.6) is 0 Å². The summed E-state index contributed by atoms with van der Waals surface area (Å²) in [5.74, 6) is -2.18. The maximum atomic E-state index is 11.5. The molecule has 2 amide bonds. The highest BCUT2D eigenvalue weighted by Crippen LogP contribution is 2.38. The first-order chi connectivity index (χ1) is 7.08. The van der Waals surface area contributed by atoms with Crippen LogP contribution in [0.1, 0.15) is 12.8 Å². The Hall–Kier alpha value is -1.59. The molecule has 3 unspecified atom stereocenters. The molecule has 2 aliphatic rings. The summed E-state index contributed by atoms with van der Waals surface area (Å²) in [6, 6.07) is -0.181. The molecule has 3 N–H and O–H groups in total. The smallest absolute Gasteiger partial charge is 0.307 e. The maximum absolute atomic E-state index is 11.5. The molecule has 0 radical (unpaired) electrons. The number of nitrogens with one attached hydrogen (secondary N) is 2. The normalized spacial score (nSPS) is 33.3. The largest absolute Gasteiger partial charge is 0.481 e. The Morgan fingerprint density at radius 1 is 1.40 bits per heavy atom. The average molecular weight is 212 g/mol. The molecule has 0 aromatic rings. The molecule has 0 aromatic heterocycles. The molecule has 2 fully saturated rings. The fourth-order valence-electron chi connectivity index (χ4n) is 1.77. The van der Waals surface area contributed by atoms with Crippen LogP contribution in [0, 0.1) is 11.8 Å². The second-order valence-corrected chi connectivity index (χ2v) is 4.00. The first kappa shape index (κ1) is 9.95. The SMILES string of the molecule is O=C1CC(NC(=O)C2CC2C(=O)O)CN1. The Morgan fingerprint density at radius 2 is 2.13 bits per heavy atom. The highest BCUT2D eigenvalue weighted by molar-refractivity contribution is 5.90. The van der Waals surface area contributed by atoms with E-state index in [0.29, 0.717) is 13.0 Å². The van der Waals surface area contributed by atoms with Crippen LogP contribution < -0.4 is 10.6 Å². The molecule has 1 saturated heterocycles. The summed E-state index contributed by atoms with van der Waals surface area (Å²) < 4.78 is 0. The second-order valence-electron chi connectivity index (χ2n) is 4.00. The average Bonchev–Trinajstić information content (AvgIpc) is 2.86. The fourth-order valence-corrected chi connectivity index (χ4v) is 1.77. The minimum atomic E-state index is -0.921. The molecule has 6 nitrogen and oxygen atoms in total. The summed E-state index contributed by atoms with van der Waals surface area (Å²) in [5, 5.41) is 13.9. The third kappa shape index (κ3) is 2.08. The number of carbonyl (C=O) groups excluding carboxylic acids is 2. The first-order valence-corrected chi connectivity index (χ1v) is 4.88. The number of carboxylic acids is 1. The van der Waals surface area contributed by atoms with Gasteiger partial charge in [0.25, 0.3) is 0 Å². The first-order valence-electron chi connectivity index (χ1n) is 4.88. The Kier molecular flexibility index (Phi) is 2.34. The van der Waals surface area contributed by atoms with Crippen LogP contribution in [0.2, 0.25) is 0 Å². The van der Waals surface area contributed by atoms with E-state index >= 15 is 0 Å². The van der Waals surface area contributed by atoms with Crippen LogP contribution in [0.3, 0.4) is 0 Å². The second kappa shape index (κ2) is 3.52. The van der Waals surface area contributed by atoms with Crippen LogP contribution in [-0.4, -0.2) is 35.5 Å². The Morgan fingerprint density at radius 3 is 2.60 bits per heavy atom. The molecule has 1 aliphatic heterocycles. The number of carbonyl (C=O) groups is 3. The van der Waals surface area contributed by atoms with Crippen molar-refractivity contribution < 1.29 is 19.5 Å². The van der Waals surface area contributed by atoms with Gasteiger partial charge in [-0.3, -0.25) is 14.4 Å². The number of hydrogen-bond donors (Lipinski definition) is 3. The molecule has 1 heterocycles. The van der Waals surface area contributed by atoms with E-state index < -0.39 is 17.8 Å². The van der Waals surface area contributed by atoms with Gasteiger partial charge in [-0.25, -0.2) is 0 Å². The van der Waals surface area contributed by atoms with E-state index in [1.54, 1.807) is 0 Å². The lowest BCUT2D eigenvalue weighted by atomic mass is 10.2. The van der Waals surface area contributed by atoms with Gasteiger partial charge in [0.15, 0.2) is 0 Å². The van der Waals surface area contributed by atoms with Crippen molar-refractivity contribution in [2.45, 2.75) is 18.9 Å². The highest BCUT2D eigenvalue weighted by Gasteiger charge is 2.48. The van der Waals surface area contributed by atoms with Crippen LogP contribution in [0.15, 0.2) is 0 Å². The lowest BCUT2D eigenvalue weighted by Gasteiger charge is -2.09. The zero-order valence-corrected chi connectivity index (χ0v) is 8.03. The van der Waals surface area contributed by atoms with Crippen molar-refractivity contribution >= 4 is 17.8 Å². The molecule has 2 rings (SSSR count). The van der Waals surface area contributed by atoms with Crippen LogP contribution >= 0.6 is 0 Å². The summed E-state index contributed by atoms with van der Waals surface area (Å²) >= 11 is 0. The summed E-state index contributed by atoms with van der Waals surface area (Å²) in [6.07, 6.45) is 0.700. The van der Waals surface area contributed by atoms with Crippen molar-refractivity contribution in [3.63, 3.8) is 0 Å². The summed E-state index contributed by atoms with van der Waals surface area (Å²) in [4.78, 5) is 32.8. The topological polar surface area (TPSA) is 95.5 Å².